The average molecular weight is 513 g/mol. The summed E-state index contributed by atoms with van der Waals surface area (Å²) in [7, 11) is 0. The van der Waals surface area contributed by atoms with E-state index in [1.54, 1.807) is 0 Å². The fourth-order valence-corrected chi connectivity index (χ4v) is 3.83. The summed E-state index contributed by atoms with van der Waals surface area (Å²) in [6.07, 6.45) is 27.8. The van der Waals surface area contributed by atoms with Crippen LogP contribution in [0.15, 0.2) is 12.2 Å². The zero-order valence-electron chi connectivity index (χ0n) is 23.4. The Balaban J connectivity index is 0. The number of carboxylic acid groups (broad SMARTS) is 2. The van der Waals surface area contributed by atoms with Gasteiger partial charge in [-0.3, -0.25) is 14.4 Å². The lowest BCUT2D eigenvalue weighted by Crippen LogP contribution is -2.03. The molecule has 0 amide bonds. The molecule has 0 radical (unpaired) electrons. The number of carboxylic acids is 2. The van der Waals surface area contributed by atoms with E-state index >= 15 is 0 Å². The van der Waals surface area contributed by atoms with Crippen molar-refractivity contribution >= 4 is 17.9 Å². The van der Waals surface area contributed by atoms with Gasteiger partial charge in [0.25, 0.3) is 0 Å². The first-order valence-corrected chi connectivity index (χ1v) is 14.7. The molecule has 0 fully saturated rings. The van der Waals surface area contributed by atoms with Gasteiger partial charge in [0.2, 0.25) is 0 Å². The average Bonchev–Trinajstić information content (AvgIpc) is 2.83. The van der Waals surface area contributed by atoms with Gasteiger partial charge in [-0.25, -0.2) is 0 Å². The zero-order valence-corrected chi connectivity index (χ0v) is 23.4. The summed E-state index contributed by atoms with van der Waals surface area (Å²) in [5, 5.41) is 16.7. The molecule has 0 unspecified atom stereocenters. The monoisotopic (exact) mass is 512 g/mol. The third kappa shape index (κ3) is 36.7. The predicted molar refractivity (Wildman–Crippen MR) is 148 cm³/mol. The van der Waals surface area contributed by atoms with Gasteiger partial charge in [0.15, 0.2) is 0 Å². The van der Waals surface area contributed by atoms with Crippen molar-refractivity contribution in [2.24, 2.45) is 0 Å². The molecule has 0 spiro atoms. The maximum Gasteiger partial charge on any atom is 0.305 e. The Morgan fingerprint density at radius 3 is 1.28 bits per heavy atom. The van der Waals surface area contributed by atoms with Gasteiger partial charge in [-0.05, 0) is 51.9 Å². The highest BCUT2D eigenvalue weighted by Crippen LogP contribution is 2.10. The van der Waals surface area contributed by atoms with Gasteiger partial charge >= 0.3 is 17.9 Å². The molecule has 0 saturated heterocycles. The quantitative estimate of drug-likeness (QED) is 0.0719. The Labute approximate surface area is 221 Å². The Morgan fingerprint density at radius 1 is 0.528 bits per heavy atom. The number of hydrogen-bond acceptors (Lipinski definition) is 4. The minimum absolute atomic E-state index is 0.0415. The van der Waals surface area contributed by atoms with Crippen molar-refractivity contribution in [2.75, 3.05) is 6.61 Å². The van der Waals surface area contributed by atoms with Gasteiger partial charge in [0, 0.05) is 19.3 Å². The van der Waals surface area contributed by atoms with Crippen molar-refractivity contribution in [1.82, 2.24) is 0 Å². The number of allylic oxidation sites excluding steroid dienone is 2. The molecule has 0 aliphatic rings. The molecule has 0 saturated carbocycles. The van der Waals surface area contributed by atoms with Crippen LogP contribution in [0.25, 0.3) is 0 Å². The van der Waals surface area contributed by atoms with E-state index in [1.807, 2.05) is 6.92 Å². The molecule has 0 aromatic rings. The Hall–Kier alpha value is -1.85. The van der Waals surface area contributed by atoms with Crippen LogP contribution in [0.4, 0.5) is 0 Å². The molecule has 0 aromatic heterocycles. The third-order valence-corrected chi connectivity index (χ3v) is 5.98. The number of carbonyl (C=O) groups is 3. The fraction of sp³-hybridized carbons (Fsp3) is 0.833. The molecule has 0 rings (SSSR count). The van der Waals surface area contributed by atoms with E-state index in [4.69, 9.17) is 14.9 Å². The minimum atomic E-state index is -0.740. The van der Waals surface area contributed by atoms with Crippen molar-refractivity contribution in [3.8, 4) is 0 Å². The van der Waals surface area contributed by atoms with E-state index in [9.17, 15) is 14.4 Å². The van der Waals surface area contributed by atoms with Crippen LogP contribution in [0.5, 0.6) is 0 Å². The SMILES string of the molecule is CCCCCCCC/C=C\CCCCCCCC(=O)OCC.O=C(O)CCCCCCCCC(=O)O. The van der Waals surface area contributed by atoms with Crippen molar-refractivity contribution in [3.05, 3.63) is 12.2 Å². The van der Waals surface area contributed by atoms with Crippen LogP contribution < -0.4 is 0 Å². The predicted octanol–water partition coefficient (Wildman–Crippen LogP) is 8.86. The van der Waals surface area contributed by atoms with E-state index in [2.05, 4.69) is 19.1 Å². The Kier molecular flexibility index (Phi) is 31.4. The standard InChI is InChI=1S/C20H38O2.C10H18O4/c1-3-5-6-7-8-9-10-11-12-13-14-15-16-17-18-19-20(21)22-4-2;11-9(12)7-5-3-1-2-4-6-8-10(13)14/h11-12H,3-10,13-19H2,1-2H3;1-8H2,(H,11,12)(H,13,14)/b12-11-;. The van der Waals surface area contributed by atoms with Gasteiger partial charge in [-0.15, -0.1) is 0 Å². The molecule has 36 heavy (non-hydrogen) atoms. The van der Waals surface area contributed by atoms with E-state index in [0.29, 0.717) is 13.0 Å². The van der Waals surface area contributed by atoms with Crippen LogP contribution in [0, 0.1) is 0 Å². The first kappa shape index (κ1) is 36.3. The third-order valence-electron chi connectivity index (χ3n) is 5.98. The number of hydrogen-bond donors (Lipinski definition) is 2. The summed E-state index contributed by atoms with van der Waals surface area (Å²) in [6, 6.07) is 0. The molecule has 0 bridgehead atoms. The van der Waals surface area contributed by atoms with Crippen LogP contribution in [0.2, 0.25) is 0 Å². The summed E-state index contributed by atoms with van der Waals surface area (Å²) in [6.45, 7) is 4.63. The smallest absolute Gasteiger partial charge is 0.305 e. The van der Waals surface area contributed by atoms with E-state index in [1.165, 1.54) is 70.6 Å². The summed E-state index contributed by atoms with van der Waals surface area (Å²) in [5.41, 5.74) is 0. The van der Waals surface area contributed by atoms with Crippen molar-refractivity contribution in [3.63, 3.8) is 0 Å². The number of carbonyl (C=O) groups excluding carboxylic acids is 1. The lowest BCUT2D eigenvalue weighted by atomic mass is 10.1. The van der Waals surface area contributed by atoms with Crippen LogP contribution >= 0.6 is 0 Å². The van der Waals surface area contributed by atoms with E-state index in [-0.39, 0.29) is 18.8 Å². The number of unbranched alkanes of at least 4 members (excludes halogenated alkanes) is 16. The molecule has 212 valence electrons. The highest BCUT2D eigenvalue weighted by Gasteiger charge is 2.00. The highest BCUT2D eigenvalue weighted by atomic mass is 16.5. The van der Waals surface area contributed by atoms with Crippen molar-refractivity contribution in [1.29, 1.82) is 0 Å². The fourth-order valence-electron chi connectivity index (χ4n) is 3.83. The van der Waals surface area contributed by atoms with Crippen LogP contribution in [-0.2, 0) is 19.1 Å². The van der Waals surface area contributed by atoms with E-state index in [0.717, 1.165) is 51.4 Å². The van der Waals surface area contributed by atoms with Crippen LogP contribution in [-0.4, -0.2) is 34.7 Å². The van der Waals surface area contributed by atoms with Gasteiger partial charge in [0.1, 0.15) is 0 Å². The number of ether oxygens (including phenoxy) is 1. The highest BCUT2D eigenvalue weighted by molar-refractivity contribution is 5.69. The molecule has 6 nitrogen and oxygen atoms in total. The molecule has 0 aromatic carbocycles. The van der Waals surface area contributed by atoms with Gasteiger partial charge < -0.3 is 14.9 Å². The second kappa shape index (κ2) is 31.2. The van der Waals surface area contributed by atoms with Crippen molar-refractivity contribution in [2.45, 2.75) is 155 Å². The van der Waals surface area contributed by atoms with Crippen LogP contribution in [0.3, 0.4) is 0 Å². The lowest BCUT2D eigenvalue weighted by molar-refractivity contribution is -0.143. The Morgan fingerprint density at radius 2 is 0.889 bits per heavy atom. The molecule has 0 aliphatic heterocycles. The van der Waals surface area contributed by atoms with Gasteiger partial charge in [-0.1, -0.05) is 96.1 Å². The van der Waals surface area contributed by atoms with Crippen LogP contribution in [0.1, 0.15) is 155 Å². The number of rotatable bonds is 25. The minimum Gasteiger partial charge on any atom is -0.481 e. The second-order valence-corrected chi connectivity index (χ2v) is 9.55. The first-order valence-electron chi connectivity index (χ1n) is 14.7. The number of aliphatic carboxylic acids is 2. The zero-order chi connectivity index (χ0) is 27.1. The summed E-state index contributed by atoms with van der Waals surface area (Å²) >= 11 is 0. The normalized spacial score (nSPS) is 10.7. The van der Waals surface area contributed by atoms with Gasteiger partial charge in [-0.2, -0.15) is 0 Å². The molecular weight excluding hydrogens is 456 g/mol. The topological polar surface area (TPSA) is 101 Å². The summed E-state index contributed by atoms with van der Waals surface area (Å²) in [5.74, 6) is -1.52. The van der Waals surface area contributed by atoms with E-state index < -0.39 is 11.9 Å². The molecule has 0 atom stereocenters. The van der Waals surface area contributed by atoms with Gasteiger partial charge in [0.05, 0.1) is 6.61 Å². The molecular formula is C30H56O6. The largest absolute Gasteiger partial charge is 0.481 e. The summed E-state index contributed by atoms with van der Waals surface area (Å²) in [4.78, 5) is 31.4. The molecule has 0 heterocycles. The molecule has 2 N–H and O–H groups in total. The summed E-state index contributed by atoms with van der Waals surface area (Å²) < 4.78 is 4.91. The maximum absolute atomic E-state index is 11.1. The molecule has 0 aliphatic carbocycles. The lowest BCUT2D eigenvalue weighted by Gasteiger charge is -2.01. The van der Waals surface area contributed by atoms with Crippen molar-refractivity contribution < 1.29 is 29.3 Å². The Bertz CT molecular complexity index is 510. The first-order chi connectivity index (χ1) is 17.4. The second-order valence-electron chi connectivity index (χ2n) is 9.55. The number of esters is 1. The maximum atomic E-state index is 11.1. The molecule has 6 heteroatoms.